The minimum absolute atomic E-state index is 0. The van der Waals surface area contributed by atoms with E-state index in [1.807, 2.05) is 32.9 Å². The third-order valence-corrected chi connectivity index (χ3v) is 1.70. The Balaban J connectivity index is 0.00000121. The lowest BCUT2D eigenvalue weighted by molar-refractivity contribution is -0.270. The smallest absolute Gasteiger partial charge is 0.0138 e. The van der Waals surface area contributed by atoms with Gasteiger partial charge in [-0.3, -0.25) is 0 Å². The molecule has 0 unspecified atom stereocenters. The molecule has 4 N–H and O–H groups in total. The fourth-order valence-corrected chi connectivity index (χ4v) is 1.09. The predicted octanol–water partition coefficient (Wildman–Crippen LogP) is 2.43. The molecule has 2 heteroatoms. The molecule has 12 heavy (non-hydrogen) atoms. The molecular weight excluding hydrogens is 150 g/mol. The molecule has 68 valence electrons. The van der Waals surface area contributed by atoms with E-state index in [9.17, 15) is 5.11 Å². The third-order valence-electron chi connectivity index (χ3n) is 1.70. The highest BCUT2D eigenvalue weighted by Crippen LogP contribution is 2.27. The van der Waals surface area contributed by atoms with Crippen molar-refractivity contribution in [2.45, 2.75) is 26.2 Å². The lowest BCUT2D eigenvalue weighted by atomic mass is 9.86. The molecule has 0 atom stereocenters. The summed E-state index contributed by atoms with van der Waals surface area (Å²) in [5.74, 6) is 0.139. The van der Waals surface area contributed by atoms with Crippen LogP contribution in [0.5, 0.6) is 5.75 Å². The van der Waals surface area contributed by atoms with Gasteiger partial charge in [0.15, 0.2) is 0 Å². The zero-order chi connectivity index (χ0) is 8.48. The summed E-state index contributed by atoms with van der Waals surface area (Å²) in [6.07, 6.45) is 0. The quantitative estimate of drug-likeness (QED) is 0.633. The summed E-state index contributed by atoms with van der Waals surface area (Å²) in [6, 6.07) is 7.18. The summed E-state index contributed by atoms with van der Waals surface area (Å²) in [6.45, 7) is 6.14. The SMILES string of the molecule is CC(C)(C)c1ccccc1[O-].[NH4+]. The van der Waals surface area contributed by atoms with Crippen LogP contribution < -0.4 is 11.3 Å². The van der Waals surface area contributed by atoms with Gasteiger partial charge >= 0.3 is 0 Å². The molecule has 0 spiro atoms. The average Bonchev–Trinajstić information content (AvgIpc) is 1.86. The summed E-state index contributed by atoms with van der Waals surface area (Å²) < 4.78 is 0. The highest BCUT2D eigenvalue weighted by molar-refractivity contribution is 5.35. The van der Waals surface area contributed by atoms with Gasteiger partial charge in [0.2, 0.25) is 0 Å². The van der Waals surface area contributed by atoms with E-state index in [1.165, 1.54) is 0 Å². The maximum absolute atomic E-state index is 11.3. The van der Waals surface area contributed by atoms with E-state index in [2.05, 4.69) is 0 Å². The molecule has 1 rings (SSSR count). The number of para-hydroxylation sites is 1. The van der Waals surface area contributed by atoms with Crippen LogP contribution in [0.4, 0.5) is 0 Å². The van der Waals surface area contributed by atoms with E-state index in [0.29, 0.717) is 0 Å². The van der Waals surface area contributed by atoms with E-state index in [0.717, 1.165) is 5.56 Å². The molecule has 0 aliphatic heterocycles. The van der Waals surface area contributed by atoms with Crippen LogP contribution in [0, 0.1) is 0 Å². The number of benzene rings is 1. The van der Waals surface area contributed by atoms with Crippen molar-refractivity contribution in [1.29, 1.82) is 0 Å². The largest absolute Gasteiger partial charge is 0.872 e. The zero-order valence-electron chi connectivity index (χ0n) is 8.22. The van der Waals surface area contributed by atoms with Crippen molar-refractivity contribution in [3.63, 3.8) is 0 Å². The Bertz CT molecular complexity index is 250. The molecule has 0 aliphatic rings. The van der Waals surface area contributed by atoms with Crippen molar-refractivity contribution < 1.29 is 5.11 Å². The second-order valence-electron chi connectivity index (χ2n) is 3.75. The van der Waals surface area contributed by atoms with Gasteiger partial charge in [-0.15, -0.1) is 5.75 Å². The van der Waals surface area contributed by atoms with Crippen LogP contribution in [0.3, 0.4) is 0 Å². The number of hydrogen-bond acceptors (Lipinski definition) is 1. The maximum atomic E-state index is 11.3. The molecule has 0 radical (unpaired) electrons. The molecule has 0 heterocycles. The summed E-state index contributed by atoms with van der Waals surface area (Å²) >= 11 is 0. The van der Waals surface area contributed by atoms with Crippen LogP contribution in [-0.2, 0) is 5.41 Å². The van der Waals surface area contributed by atoms with Gasteiger partial charge in [0.1, 0.15) is 0 Å². The van der Waals surface area contributed by atoms with Crippen molar-refractivity contribution in [2.75, 3.05) is 0 Å². The van der Waals surface area contributed by atoms with E-state index in [-0.39, 0.29) is 17.3 Å². The first-order chi connectivity index (χ1) is 5.02. The highest BCUT2D eigenvalue weighted by atomic mass is 16.3. The second-order valence-corrected chi connectivity index (χ2v) is 3.75. The summed E-state index contributed by atoms with van der Waals surface area (Å²) in [5.41, 5.74) is 0.859. The van der Waals surface area contributed by atoms with Gasteiger partial charge in [-0.05, 0) is 5.41 Å². The molecule has 0 amide bonds. The second kappa shape index (κ2) is 3.59. The number of quaternary nitrogens is 1. The Labute approximate surface area is 73.8 Å². The molecular formula is C10H17NO. The first-order valence-electron chi connectivity index (χ1n) is 3.78. The molecule has 2 nitrogen and oxygen atoms in total. The molecule has 0 saturated carbocycles. The van der Waals surface area contributed by atoms with E-state index in [4.69, 9.17) is 0 Å². The van der Waals surface area contributed by atoms with Gasteiger partial charge in [-0.1, -0.05) is 50.6 Å². The van der Waals surface area contributed by atoms with Crippen LogP contribution in [0.15, 0.2) is 24.3 Å². The van der Waals surface area contributed by atoms with Gasteiger partial charge in [0, 0.05) is 0 Å². The first-order valence-corrected chi connectivity index (χ1v) is 3.78. The van der Waals surface area contributed by atoms with Crippen molar-refractivity contribution in [3.05, 3.63) is 29.8 Å². The molecule has 1 aromatic rings. The van der Waals surface area contributed by atoms with Gasteiger partial charge in [0.25, 0.3) is 0 Å². The lowest BCUT2D eigenvalue weighted by Gasteiger charge is -2.25. The molecule has 0 aliphatic carbocycles. The van der Waals surface area contributed by atoms with Crippen LogP contribution >= 0.6 is 0 Å². The van der Waals surface area contributed by atoms with Gasteiger partial charge in [-0.2, -0.15) is 0 Å². The van der Waals surface area contributed by atoms with Crippen molar-refractivity contribution in [2.24, 2.45) is 0 Å². The standard InChI is InChI=1S/C10H14O.H3N/c1-10(2,3)8-6-4-5-7-9(8)11;/h4-7,11H,1-3H3;1H3. The Kier molecular flexibility index (Phi) is 3.28. The zero-order valence-corrected chi connectivity index (χ0v) is 8.22. The fraction of sp³-hybridized carbons (Fsp3) is 0.400. The van der Waals surface area contributed by atoms with E-state index in [1.54, 1.807) is 12.1 Å². The molecule has 0 aromatic heterocycles. The molecule has 1 aromatic carbocycles. The van der Waals surface area contributed by atoms with Crippen molar-refractivity contribution in [1.82, 2.24) is 6.15 Å². The highest BCUT2D eigenvalue weighted by Gasteiger charge is 2.12. The Morgan fingerprint density at radius 2 is 1.58 bits per heavy atom. The van der Waals surface area contributed by atoms with Crippen LogP contribution in [0.25, 0.3) is 0 Å². The minimum Gasteiger partial charge on any atom is -0.872 e. The third kappa shape index (κ3) is 2.24. The monoisotopic (exact) mass is 167 g/mol. The van der Waals surface area contributed by atoms with E-state index < -0.39 is 0 Å². The Morgan fingerprint density at radius 1 is 1.08 bits per heavy atom. The van der Waals surface area contributed by atoms with Crippen LogP contribution in [0.2, 0.25) is 0 Å². The summed E-state index contributed by atoms with van der Waals surface area (Å²) in [5, 5.41) is 11.3. The topological polar surface area (TPSA) is 59.6 Å². The molecule has 0 bridgehead atoms. The van der Waals surface area contributed by atoms with Gasteiger partial charge < -0.3 is 11.3 Å². The van der Waals surface area contributed by atoms with Gasteiger partial charge in [-0.25, -0.2) is 0 Å². The lowest BCUT2D eigenvalue weighted by Crippen LogP contribution is -2.13. The van der Waals surface area contributed by atoms with Crippen LogP contribution in [-0.4, -0.2) is 0 Å². The van der Waals surface area contributed by atoms with Gasteiger partial charge in [0.05, 0.1) is 0 Å². The predicted molar refractivity (Wildman–Crippen MR) is 50.6 cm³/mol. The fourth-order valence-electron chi connectivity index (χ4n) is 1.09. The summed E-state index contributed by atoms with van der Waals surface area (Å²) in [4.78, 5) is 0. The van der Waals surface area contributed by atoms with Crippen molar-refractivity contribution in [3.8, 4) is 5.75 Å². The minimum atomic E-state index is -0.0294. The van der Waals surface area contributed by atoms with Crippen molar-refractivity contribution >= 4 is 0 Å². The summed E-state index contributed by atoms with van der Waals surface area (Å²) in [7, 11) is 0. The first kappa shape index (κ1) is 11.0. The van der Waals surface area contributed by atoms with E-state index >= 15 is 0 Å². The maximum Gasteiger partial charge on any atom is -0.0138 e. The normalized spacial score (nSPS) is 10.6. The average molecular weight is 167 g/mol. The number of rotatable bonds is 0. The molecule has 0 fully saturated rings. The Morgan fingerprint density at radius 3 is 1.92 bits per heavy atom. The molecule has 0 saturated heterocycles. The number of hydrogen-bond donors (Lipinski definition) is 1. The van der Waals surface area contributed by atoms with Crippen LogP contribution in [0.1, 0.15) is 26.3 Å². The Hall–Kier alpha value is -1.02.